The Kier molecular flexibility index (Phi) is 2.94. The third-order valence-corrected chi connectivity index (χ3v) is 3.86. The van der Waals surface area contributed by atoms with Gasteiger partial charge >= 0.3 is 0 Å². The summed E-state index contributed by atoms with van der Waals surface area (Å²) >= 11 is 11.5. The van der Waals surface area contributed by atoms with Crippen LogP contribution in [0.3, 0.4) is 0 Å². The predicted octanol–water partition coefficient (Wildman–Crippen LogP) is 3.39. The van der Waals surface area contributed by atoms with Crippen LogP contribution in [-0.4, -0.2) is 22.8 Å². The van der Waals surface area contributed by atoms with E-state index in [2.05, 4.69) is 9.55 Å². The number of aromatic nitrogens is 2. The highest BCUT2D eigenvalue weighted by molar-refractivity contribution is 7.71. The number of halogens is 1. The van der Waals surface area contributed by atoms with Gasteiger partial charge in [-0.25, -0.2) is 0 Å². The van der Waals surface area contributed by atoms with E-state index in [0.717, 1.165) is 47.0 Å². The minimum Gasteiger partial charge on any atom is -0.381 e. The number of para-hydroxylation sites is 1. The monoisotopic (exact) mass is 268 g/mol. The molecule has 0 aliphatic carbocycles. The molecule has 0 bridgehead atoms. The van der Waals surface area contributed by atoms with Crippen LogP contribution in [0.2, 0.25) is 5.02 Å². The number of hydrogen-bond donors (Lipinski definition) is 1. The molecule has 1 atom stereocenters. The third kappa shape index (κ3) is 2.01. The van der Waals surface area contributed by atoms with Gasteiger partial charge in [0.25, 0.3) is 0 Å². The zero-order valence-corrected chi connectivity index (χ0v) is 10.9. The lowest BCUT2D eigenvalue weighted by atomic mass is 10.1. The van der Waals surface area contributed by atoms with Crippen LogP contribution in [-0.2, 0) is 11.3 Å². The number of nitrogens with zero attached hydrogens (tertiary/aromatic N) is 1. The molecular weight excluding hydrogens is 256 g/mol. The standard InChI is InChI=1S/C12H13ClN2OS/c13-9-2-1-3-10-11(9)14-12(17)15(10)6-8-4-5-16-7-8/h1-3,8H,4-7H2,(H,14,17). The van der Waals surface area contributed by atoms with E-state index in [1.807, 2.05) is 18.2 Å². The van der Waals surface area contributed by atoms with Crippen LogP contribution in [0, 0.1) is 10.7 Å². The maximum atomic E-state index is 6.14. The fourth-order valence-electron chi connectivity index (χ4n) is 2.31. The molecule has 90 valence electrons. The Bertz CT molecular complexity index is 598. The molecule has 0 radical (unpaired) electrons. The van der Waals surface area contributed by atoms with Gasteiger partial charge in [-0.05, 0) is 30.8 Å². The van der Waals surface area contributed by atoms with E-state index in [4.69, 9.17) is 28.6 Å². The average molecular weight is 269 g/mol. The highest BCUT2D eigenvalue weighted by Gasteiger charge is 2.18. The van der Waals surface area contributed by atoms with Crippen LogP contribution in [0.5, 0.6) is 0 Å². The van der Waals surface area contributed by atoms with Crippen molar-refractivity contribution in [3.63, 3.8) is 0 Å². The maximum Gasteiger partial charge on any atom is 0.178 e. The van der Waals surface area contributed by atoms with Crippen LogP contribution in [0.4, 0.5) is 0 Å². The number of benzene rings is 1. The number of ether oxygens (including phenoxy) is 1. The van der Waals surface area contributed by atoms with Crippen molar-refractivity contribution < 1.29 is 4.74 Å². The van der Waals surface area contributed by atoms with E-state index in [1.165, 1.54) is 0 Å². The quantitative estimate of drug-likeness (QED) is 0.846. The SMILES string of the molecule is S=c1[nH]c2c(Cl)cccc2n1CC1CCOC1. The zero-order valence-electron chi connectivity index (χ0n) is 9.28. The van der Waals surface area contributed by atoms with Crippen molar-refractivity contribution in [2.24, 2.45) is 5.92 Å². The van der Waals surface area contributed by atoms with Crippen molar-refractivity contribution in [3.8, 4) is 0 Å². The molecule has 1 saturated heterocycles. The molecule has 1 unspecified atom stereocenters. The van der Waals surface area contributed by atoms with Gasteiger partial charge in [0.2, 0.25) is 0 Å². The average Bonchev–Trinajstić information content (AvgIpc) is 2.91. The fraction of sp³-hybridized carbons (Fsp3) is 0.417. The lowest BCUT2D eigenvalue weighted by Crippen LogP contribution is -2.10. The number of fused-ring (bicyclic) bond motifs is 1. The Balaban J connectivity index is 2.06. The van der Waals surface area contributed by atoms with Gasteiger partial charge in [0, 0.05) is 19.1 Å². The second kappa shape index (κ2) is 4.44. The van der Waals surface area contributed by atoms with Gasteiger partial charge in [-0.15, -0.1) is 0 Å². The van der Waals surface area contributed by atoms with E-state index < -0.39 is 0 Å². The van der Waals surface area contributed by atoms with E-state index in [9.17, 15) is 0 Å². The summed E-state index contributed by atoms with van der Waals surface area (Å²) in [7, 11) is 0. The summed E-state index contributed by atoms with van der Waals surface area (Å²) in [5.74, 6) is 0.555. The molecule has 1 aliphatic rings. The number of hydrogen-bond acceptors (Lipinski definition) is 2. The molecule has 1 aromatic carbocycles. The first-order valence-corrected chi connectivity index (χ1v) is 6.49. The van der Waals surface area contributed by atoms with E-state index in [1.54, 1.807) is 0 Å². The van der Waals surface area contributed by atoms with Gasteiger partial charge in [-0.3, -0.25) is 0 Å². The normalized spacial score (nSPS) is 20.2. The molecule has 1 N–H and O–H groups in total. The summed E-state index contributed by atoms with van der Waals surface area (Å²) in [5, 5.41) is 0.718. The summed E-state index contributed by atoms with van der Waals surface area (Å²) < 4.78 is 8.25. The molecule has 2 heterocycles. The number of imidazole rings is 1. The molecule has 1 aliphatic heterocycles. The molecule has 2 aromatic rings. The van der Waals surface area contributed by atoms with Crippen LogP contribution in [0.15, 0.2) is 18.2 Å². The molecule has 5 heteroatoms. The van der Waals surface area contributed by atoms with Crippen LogP contribution >= 0.6 is 23.8 Å². The molecule has 0 spiro atoms. The minimum absolute atomic E-state index is 0.555. The highest BCUT2D eigenvalue weighted by Crippen LogP contribution is 2.24. The van der Waals surface area contributed by atoms with Crippen molar-refractivity contribution in [2.45, 2.75) is 13.0 Å². The highest BCUT2D eigenvalue weighted by atomic mass is 35.5. The van der Waals surface area contributed by atoms with Gasteiger partial charge in [-0.1, -0.05) is 17.7 Å². The molecule has 3 rings (SSSR count). The van der Waals surface area contributed by atoms with Crippen LogP contribution < -0.4 is 0 Å². The summed E-state index contributed by atoms with van der Waals surface area (Å²) in [4.78, 5) is 3.17. The Morgan fingerprint density at radius 2 is 2.41 bits per heavy atom. The second-order valence-corrected chi connectivity index (χ2v) is 5.20. The number of rotatable bonds is 2. The number of aromatic amines is 1. The Hall–Kier alpha value is -0.840. The van der Waals surface area contributed by atoms with Crippen molar-refractivity contribution >= 4 is 34.9 Å². The third-order valence-electron chi connectivity index (χ3n) is 3.22. The molecule has 0 amide bonds. The first kappa shape index (κ1) is 11.3. The summed E-state index contributed by atoms with van der Waals surface area (Å²) in [5.41, 5.74) is 2.01. The largest absolute Gasteiger partial charge is 0.381 e. The molecule has 3 nitrogen and oxygen atoms in total. The van der Waals surface area contributed by atoms with Gasteiger partial charge in [0.05, 0.1) is 22.7 Å². The zero-order chi connectivity index (χ0) is 11.8. The Morgan fingerprint density at radius 1 is 1.53 bits per heavy atom. The van der Waals surface area contributed by atoms with Gasteiger partial charge in [0.1, 0.15) is 0 Å². The molecule has 1 aromatic heterocycles. The molecular formula is C12H13ClN2OS. The second-order valence-electron chi connectivity index (χ2n) is 4.40. The van der Waals surface area contributed by atoms with Crippen molar-refractivity contribution in [3.05, 3.63) is 28.0 Å². The van der Waals surface area contributed by atoms with Gasteiger partial charge in [0.15, 0.2) is 4.77 Å². The van der Waals surface area contributed by atoms with Crippen LogP contribution in [0.1, 0.15) is 6.42 Å². The summed E-state index contributed by atoms with van der Waals surface area (Å²) in [6.07, 6.45) is 1.11. The van der Waals surface area contributed by atoms with E-state index in [0.29, 0.717) is 5.92 Å². The Morgan fingerprint density at radius 3 is 3.18 bits per heavy atom. The maximum absolute atomic E-state index is 6.14. The van der Waals surface area contributed by atoms with Crippen molar-refractivity contribution in [1.29, 1.82) is 0 Å². The molecule has 17 heavy (non-hydrogen) atoms. The van der Waals surface area contributed by atoms with Gasteiger partial charge < -0.3 is 14.3 Å². The van der Waals surface area contributed by atoms with Crippen molar-refractivity contribution in [1.82, 2.24) is 9.55 Å². The summed E-state index contributed by atoms with van der Waals surface area (Å²) in [6.45, 7) is 2.59. The topological polar surface area (TPSA) is 29.9 Å². The fourth-order valence-corrected chi connectivity index (χ4v) is 2.80. The predicted molar refractivity (Wildman–Crippen MR) is 71.1 cm³/mol. The number of H-pyrrole nitrogens is 1. The Labute approximate surface area is 109 Å². The molecule has 0 saturated carbocycles. The minimum atomic E-state index is 0.555. The lowest BCUT2D eigenvalue weighted by molar-refractivity contribution is 0.182. The first-order chi connectivity index (χ1) is 8.25. The lowest BCUT2D eigenvalue weighted by Gasteiger charge is -2.09. The smallest absolute Gasteiger partial charge is 0.178 e. The number of nitrogens with one attached hydrogen (secondary N) is 1. The molecule has 1 fully saturated rings. The van der Waals surface area contributed by atoms with Crippen molar-refractivity contribution in [2.75, 3.05) is 13.2 Å². The van der Waals surface area contributed by atoms with E-state index in [-0.39, 0.29) is 0 Å². The first-order valence-electron chi connectivity index (χ1n) is 5.70. The van der Waals surface area contributed by atoms with Crippen LogP contribution in [0.25, 0.3) is 11.0 Å². The van der Waals surface area contributed by atoms with Gasteiger partial charge in [-0.2, -0.15) is 0 Å². The summed E-state index contributed by atoms with van der Waals surface area (Å²) in [6, 6.07) is 5.87. The van der Waals surface area contributed by atoms with E-state index >= 15 is 0 Å².